The fourth-order valence-electron chi connectivity index (χ4n) is 6.36. The average Bonchev–Trinajstić information content (AvgIpc) is 3.55. The topological polar surface area (TPSA) is 134 Å². The maximum absolute atomic E-state index is 13.5. The number of pyridine rings is 1. The van der Waals surface area contributed by atoms with E-state index in [1.54, 1.807) is 0 Å². The molecule has 0 aliphatic carbocycles. The molecule has 6 rings (SSSR count). The number of carbonyl (C=O) groups excluding carboxylic acids is 1. The quantitative estimate of drug-likeness (QED) is 0.167. The van der Waals surface area contributed by atoms with E-state index in [0.717, 1.165) is 111 Å². The summed E-state index contributed by atoms with van der Waals surface area (Å²) in [6.45, 7) is 12.1. The molecule has 0 saturated carbocycles. The maximum atomic E-state index is 13.5. The van der Waals surface area contributed by atoms with Gasteiger partial charge in [0.2, 0.25) is 5.91 Å². The van der Waals surface area contributed by atoms with Gasteiger partial charge in [-0.25, -0.2) is 14.5 Å². The van der Waals surface area contributed by atoms with Crippen molar-refractivity contribution in [2.24, 2.45) is 0 Å². The molecular weight excluding hydrogens is 663 g/mol. The number of anilines is 1. The number of aryl methyl sites for hydroxylation is 2. The van der Waals surface area contributed by atoms with Crippen LogP contribution in [0.1, 0.15) is 49.1 Å². The summed E-state index contributed by atoms with van der Waals surface area (Å²) in [6, 6.07) is 17.6. The molecule has 4 aromatic rings. The second-order valence-electron chi connectivity index (χ2n) is 12.7. The minimum Gasteiger partial charge on any atom is -0.475 e. The van der Waals surface area contributed by atoms with E-state index in [1.807, 2.05) is 10.9 Å². The fourth-order valence-corrected chi connectivity index (χ4v) is 6.36. The number of benzene rings is 2. The smallest absolute Gasteiger partial charge is 0.475 e. The molecule has 0 radical (unpaired) electrons. The second kappa shape index (κ2) is 17.6. The molecule has 2 saturated heterocycles. The highest BCUT2D eigenvalue weighted by Gasteiger charge is 2.38. The number of hydrogen-bond donors (Lipinski definition) is 4. The molecule has 0 unspecified atom stereocenters. The zero-order chi connectivity index (χ0) is 36.4. The molecule has 0 spiro atoms. The van der Waals surface area contributed by atoms with Crippen molar-refractivity contribution in [3.63, 3.8) is 0 Å². The Morgan fingerprint density at radius 2 is 1.67 bits per heavy atom. The average molecular weight is 710 g/mol. The van der Waals surface area contributed by atoms with Crippen molar-refractivity contribution in [2.75, 3.05) is 44.7 Å². The van der Waals surface area contributed by atoms with E-state index in [1.165, 1.54) is 11.1 Å². The van der Waals surface area contributed by atoms with Crippen LogP contribution >= 0.6 is 0 Å². The van der Waals surface area contributed by atoms with Crippen molar-refractivity contribution in [1.29, 1.82) is 0 Å². The lowest BCUT2D eigenvalue weighted by atomic mass is 10.00. The molecule has 2 aromatic heterocycles. The molecule has 14 heteroatoms. The number of aliphatic carboxylic acids is 1. The summed E-state index contributed by atoms with van der Waals surface area (Å²) in [5, 5.41) is 23.1. The maximum Gasteiger partial charge on any atom is 0.490 e. The predicted octanol–water partition coefficient (Wildman–Crippen LogP) is 5.17. The molecule has 2 aliphatic heterocycles. The van der Waals surface area contributed by atoms with Crippen LogP contribution in [0.4, 0.5) is 18.9 Å². The monoisotopic (exact) mass is 709 g/mol. The number of piperazine rings is 1. The van der Waals surface area contributed by atoms with Gasteiger partial charge >= 0.3 is 12.1 Å². The Hall–Kier alpha value is -4.53. The summed E-state index contributed by atoms with van der Waals surface area (Å²) in [7, 11) is 0. The highest BCUT2D eigenvalue weighted by molar-refractivity contribution is 5.94. The number of rotatable bonds is 11. The van der Waals surface area contributed by atoms with Gasteiger partial charge in [-0.15, -0.1) is 0 Å². The molecule has 2 aliphatic rings. The lowest BCUT2D eigenvalue weighted by Crippen LogP contribution is -2.42. The standard InChI is InChI=1S/C35H45N7O2.C2HF3O2/c1-3-32-30(34(39-29-11-17-44-18-12-29)31-23-38-42(4-2)35(31)40-32)21-33(43)37-22-25-7-5-9-27(19-25)28-10-6-8-26(20-28)24-41-15-13-36-14-16-41;3-2(4,5)1(6)7/h5-10,19-20,23,29,36H,3-4,11-18,21-22,24H2,1-2H3,(H,37,43)(H,39,40);(H,6,7). The lowest BCUT2D eigenvalue weighted by Gasteiger charge is -2.27. The molecule has 51 heavy (non-hydrogen) atoms. The van der Waals surface area contributed by atoms with Gasteiger partial charge in [0.1, 0.15) is 0 Å². The summed E-state index contributed by atoms with van der Waals surface area (Å²) in [6.07, 6.45) is -0.311. The number of aromatic nitrogens is 3. The molecule has 0 bridgehead atoms. The molecule has 11 nitrogen and oxygen atoms in total. The third kappa shape index (κ3) is 10.3. The number of nitrogens with one attached hydrogen (secondary N) is 3. The number of carbonyl (C=O) groups is 2. The number of alkyl halides is 3. The number of ether oxygens (including phenoxy) is 1. The van der Waals surface area contributed by atoms with E-state index in [9.17, 15) is 18.0 Å². The number of fused-ring (bicyclic) bond motifs is 1. The van der Waals surface area contributed by atoms with Crippen LogP contribution in [0.5, 0.6) is 0 Å². The summed E-state index contributed by atoms with van der Waals surface area (Å²) in [5.74, 6) is -2.77. The molecule has 4 N–H and O–H groups in total. The van der Waals surface area contributed by atoms with Crippen molar-refractivity contribution in [1.82, 2.24) is 30.3 Å². The first-order chi connectivity index (χ1) is 24.5. The van der Waals surface area contributed by atoms with Gasteiger partial charge in [-0.05, 0) is 60.6 Å². The Morgan fingerprint density at radius 3 is 2.29 bits per heavy atom. The van der Waals surface area contributed by atoms with Gasteiger partial charge in [0.05, 0.1) is 23.7 Å². The van der Waals surface area contributed by atoms with Crippen LogP contribution in [0.15, 0.2) is 54.7 Å². The normalized spacial score (nSPS) is 15.6. The molecular formula is C37H46F3N7O4. The Kier molecular flexibility index (Phi) is 13.0. The highest BCUT2D eigenvalue weighted by Crippen LogP contribution is 2.32. The summed E-state index contributed by atoms with van der Waals surface area (Å²) < 4.78 is 39.3. The highest BCUT2D eigenvalue weighted by atomic mass is 19.4. The minimum absolute atomic E-state index is 0.0119. The first-order valence-corrected chi connectivity index (χ1v) is 17.4. The predicted molar refractivity (Wildman–Crippen MR) is 189 cm³/mol. The van der Waals surface area contributed by atoms with E-state index in [-0.39, 0.29) is 12.3 Å². The summed E-state index contributed by atoms with van der Waals surface area (Å²) in [4.78, 5) is 29.9. The van der Waals surface area contributed by atoms with Gasteiger partial charge in [-0.2, -0.15) is 18.3 Å². The van der Waals surface area contributed by atoms with Crippen LogP contribution in [0.25, 0.3) is 22.2 Å². The van der Waals surface area contributed by atoms with Crippen LogP contribution < -0.4 is 16.0 Å². The van der Waals surface area contributed by atoms with Gasteiger partial charge in [-0.1, -0.05) is 43.3 Å². The first kappa shape index (κ1) is 37.7. The molecule has 274 valence electrons. The fraction of sp³-hybridized carbons (Fsp3) is 0.459. The SMILES string of the molecule is CCc1nc2c(cnn2CC)c(NC2CCOCC2)c1CC(=O)NCc1cccc(-c2cccc(CN3CCNCC3)c2)c1.O=C(O)C(F)(F)F. The number of amides is 1. The van der Waals surface area contributed by atoms with Crippen LogP contribution in [0.2, 0.25) is 0 Å². The second-order valence-corrected chi connectivity index (χ2v) is 12.7. The van der Waals surface area contributed by atoms with Crippen molar-refractivity contribution in [3.8, 4) is 11.1 Å². The van der Waals surface area contributed by atoms with Gasteiger partial charge in [0.25, 0.3) is 0 Å². The molecule has 4 heterocycles. The number of halogens is 3. The third-order valence-electron chi connectivity index (χ3n) is 9.05. The van der Waals surface area contributed by atoms with Gasteiger partial charge in [0.15, 0.2) is 5.65 Å². The zero-order valence-electron chi connectivity index (χ0n) is 29.1. The van der Waals surface area contributed by atoms with Crippen molar-refractivity contribution < 1.29 is 32.6 Å². The first-order valence-electron chi connectivity index (χ1n) is 17.4. The number of carboxylic acids is 1. The third-order valence-corrected chi connectivity index (χ3v) is 9.05. The zero-order valence-corrected chi connectivity index (χ0v) is 29.1. The summed E-state index contributed by atoms with van der Waals surface area (Å²) >= 11 is 0. The van der Waals surface area contributed by atoms with Crippen molar-refractivity contribution in [3.05, 3.63) is 77.1 Å². The Balaban J connectivity index is 0.000000654. The largest absolute Gasteiger partial charge is 0.490 e. The number of carboxylic acid groups (broad SMARTS) is 1. The molecule has 2 fully saturated rings. The van der Waals surface area contributed by atoms with Gasteiger partial charge in [0, 0.05) is 76.3 Å². The number of hydrogen-bond acceptors (Lipinski definition) is 8. The van der Waals surface area contributed by atoms with Crippen molar-refractivity contribution in [2.45, 2.75) is 71.4 Å². The van der Waals surface area contributed by atoms with Crippen molar-refractivity contribution >= 4 is 28.6 Å². The molecule has 0 atom stereocenters. The summed E-state index contributed by atoms with van der Waals surface area (Å²) in [5.41, 5.74) is 8.56. The van der Waals surface area contributed by atoms with Crippen LogP contribution in [0, 0.1) is 0 Å². The van der Waals surface area contributed by atoms with Gasteiger partial charge < -0.3 is 25.8 Å². The van der Waals surface area contributed by atoms with E-state index < -0.39 is 12.1 Å². The molecule has 2 aromatic carbocycles. The van der Waals surface area contributed by atoms with Gasteiger partial charge in [-0.3, -0.25) is 9.69 Å². The van der Waals surface area contributed by atoms with E-state index >= 15 is 0 Å². The number of nitrogens with zero attached hydrogens (tertiary/aromatic N) is 4. The molecule has 1 amide bonds. The van der Waals surface area contributed by atoms with E-state index in [0.29, 0.717) is 12.6 Å². The van der Waals surface area contributed by atoms with Crippen LogP contribution in [0.3, 0.4) is 0 Å². The Labute approximate surface area is 295 Å². The Morgan fingerprint density at radius 1 is 1.02 bits per heavy atom. The van der Waals surface area contributed by atoms with E-state index in [2.05, 4.69) is 88.3 Å². The van der Waals surface area contributed by atoms with Crippen LogP contribution in [-0.4, -0.2) is 88.3 Å². The van der Waals surface area contributed by atoms with E-state index in [4.69, 9.17) is 19.6 Å². The Bertz CT molecular complexity index is 1780. The minimum atomic E-state index is -5.08. The lowest BCUT2D eigenvalue weighted by molar-refractivity contribution is -0.192. The van der Waals surface area contributed by atoms with Crippen LogP contribution in [-0.2, 0) is 46.8 Å².